The number of benzene rings is 1. The van der Waals surface area contributed by atoms with Crippen LogP contribution in [0.2, 0.25) is 0 Å². The van der Waals surface area contributed by atoms with E-state index < -0.39 is 71.7 Å². The number of alkyl halides is 2. The lowest BCUT2D eigenvalue weighted by molar-refractivity contribution is -0.144. The van der Waals surface area contributed by atoms with Crippen molar-refractivity contribution in [2.75, 3.05) is 6.54 Å². The number of carbonyl (C=O) groups is 4. The second-order valence-electron chi connectivity index (χ2n) is 12.9. The van der Waals surface area contributed by atoms with Crippen molar-refractivity contribution in [3.05, 3.63) is 41.0 Å². The summed E-state index contributed by atoms with van der Waals surface area (Å²) < 4.78 is 29.8. The molecule has 2 aliphatic rings. The van der Waals surface area contributed by atoms with E-state index >= 15 is 4.39 Å². The van der Waals surface area contributed by atoms with Crippen molar-refractivity contribution in [1.82, 2.24) is 20.5 Å². The zero-order valence-corrected chi connectivity index (χ0v) is 26.1. The number of Topliss-reactive ketones (excluding diaryl/α,β-unsaturated/α-hetero) is 1. The molecule has 4 rings (SSSR count). The van der Waals surface area contributed by atoms with Gasteiger partial charge in [0.2, 0.25) is 11.8 Å². The average molecular weight is 619 g/mol. The highest BCUT2D eigenvalue weighted by Crippen LogP contribution is 2.40. The fourth-order valence-corrected chi connectivity index (χ4v) is 5.87. The molecular weight excluding hydrogens is 578 g/mol. The third-order valence-electron chi connectivity index (χ3n) is 8.12. The van der Waals surface area contributed by atoms with Crippen LogP contribution < -0.4 is 10.6 Å². The highest BCUT2D eigenvalue weighted by molar-refractivity contribution is 7.13. The number of aromatic nitrogens is 1. The van der Waals surface area contributed by atoms with E-state index in [2.05, 4.69) is 15.6 Å². The number of likely N-dealkylation sites (tertiary alicyclic amines) is 1. The SMILES string of the molecule is Cc1ncsc1-c1ccc([C@H](CC(=O)C(C)(C)C)NC(=O)[C@@H]2[C@@H](F)[C@@H](O)CN2C(=O)[C@@H](NC(=O)C2(F)CC2)C(C)C)cc1. The smallest absolute Gasteiger partial charge is 0.258 e. The molecule has 1 aromatic carbocycles. The van der Waals surface area contributed by atoms with Gasteiger partial charge in [-0.05, 0) is 36.8 Å². The lowest BCUT2D eigenvalue weighted by Gasteiger charge is -2.32. The lowest BCUT2D eigenvalue weighted by Crippen LogP contribution is -2.57. The van der Waals surface area contributed by atoms with E-state index in [1.165, 1.54) is 11.3 Å². The maximum Gasteiger partial charge on any atom is 0.258 e. The van der Waals surface area contributed by atoms with E-state index in [4.69, 9.17) is 0 Å². The third kappa shape index (κ3) is 7.12. The van der Waals surface area contributed by atoms with Crippen molar-refractivity contribution < 1.29 is 33.1 Å². The summed E-state index contributed by atoms with van der Waals surface area (Å²) in [4.78, 5) is 59.0. The molecular formula is C31H40F2N4O5S. The van der Waals surface area contributed by atoms with Crippen LogP contribution in [0.3, 0.4) is 0 Å². The van der Waals surface area contributed by atoms with Gasteiger partial charge in [0.1, 0.15) is 24.0 Å². The lowest BCUT2D eigenvalue weighted by atomic mass is 9.85. The number of carbonyl (C=O) groups excluding carboxylic acids is 4. The minimum atomic E-state index is -2.11. The number of halogens is 2. The van der Waals surface area contributed by atoms with Gasteiger partial charge in [0.05, 0.1) is 28.7 Å². The Labute approximate surface area is 254 Å². The Morgan fingerprint density at radius 3 is 2.28 bits per heavy atom. The van der Waals surface area contributed by atoms with Crippen molar-refractivity contribution in [3.63, 3.8) is 0 Å². The van der Waals surface area contributed by atoms with Crippen LogP contribution in [-0.4, -0.2) is 75.1 Å². The Kier molecular flexibility index (Phi) is 9.41. The first kappa shape index (κ1) is 32.7. The summed E-state index contributed by atoms with van der Waals surface area (Å²) >= 11 is 1.49. The molecule has 0 spiro atoms. The molecule has 5 atom stereocenters. The Morgan fingerprint density at radius 2 is 1.77 bits per heavy atom. The summed E-state index contributed by atoms with van der Waals surface area (Å²) in [7, 11) is 0. The summed E-state index contributed by atoms with van der Waals surface area (Å²) in [5.41, 5.74) is 1.40. The van der Waals surface area contributed by atoms with E-state index in [1.807, 2.05) is 19.1 Å². The van der Waals surface area contributed by atoms with Gasteiger partial charge in [-0.2, -0.15) is 0 Å². The number of nitrogens with one attached hydrogen (secondary N) is 2. The zero-order chi connectivity index (χ0) is 31.9. The number of aliphatic hydroxyl groups excluding tert-OH is 1. The van der Waals surface area contributed by atoms with Gasteiger partial charge >= 0.3 is 0 Å². The maximum absolute atomic E-state index is 15.4. The predicted octanol–water partition coefficient (Wildman–Crippen LogP) is 3.83. The van der Waals surface area contributed by atoms with Gasteiger partial charge in [0, 0.05) is 11.8 Å². The van der Waals surface area contributed by atoms with Gasteiger partial charge in [0.25, 0.3) is 5.91 Å². The first-order valence-electron chi connectivity index (χ1n) is 14.5. The molecule has 0 unspecified atom stereocenters. The van der Waals surface area contributed by atoms with Gasteiger partial charge in [-0.3, -0.25) is 19.2 Å². The van der Waals surface area contributed by atoms with E-state index in [-0.39, 0.29) is 25.0 Å². The molecule has 43 heavy (non-hydrogen) atoms. The number of thiazole rings is 1. The first-order chi connectivity index (χ1) is 20.0. The van der Waals surface area contributed by atoms with Gasteiger partial charge in [0.15, 0.2) is 11.8 Å². The van der Waals surface area contributed by atoms with Crippen LogP contribution in [0.25, 0.3) is 10.4 Å². The monoisotopic (exact) mass is 618 g/mol. The molecule has 3 amide bonds. The predicted molar refractivity (Wildman–Crippen MR) is 158 cm³/mol. The molecule has 1 aromatic heterocycles. The Hall–Kier alpha value is -3.25. The Bertz CT molecular complexity index is 1370. The number of nitrogens with zero attached hydrogens (tertiary/aromatic N) is 2. The van der Waals surface area contributed by atoms with Gasteiger partial charge < -0.3 is 20.6 Å². The number of β-amino-alcohol motifs (C(OH)–C–C–N with tert-alkyl or cyclic N) is 1. The van der Waals surface area contributed by atoms with Crippen LogP contribution in [0.15, 0.2) is 29.8 Å². The largest absolute Gasteiger partial charge is 0.388 e. The molecule has 234 valence electrons. The number of hydrogen-bond donors (Lipinski definition) is 3. The number of ketones is 1. The van der Waals surface area contributed by atoms with Crippen LogP contribution >= 0.6 is 11.3 Å². The van der Waals surface area contributed by atoms with E-state index in [0.29, 0.717) is 5.56 Å². The summed E-state index contributed by atoms with van der Waals surface area (Å²) in [6.07, 6.45) is -3.73. The van der Waals surface area contributed by atoms with E-state index in [0.717, 1.165) is 21.0 Å². The normalized spacial score (nSPS) is 22.7. The molecule has 1 saturated heterocycles. The summed E-state index contributed by atoms with van der Waals surface area (Å²) in [5, 5.41) is 15.6. The maximum atomic E-state index is 15.4. The van der Waals surface area contributed by atoms with Crippen molar-refractivity contribution in [2.45, 2.75) is 96.9 Å². The topological polar surface area (TPSA) is 129 Å². The van der Waals surface area contributed by atoms with Gasteiger partial charge in [-0.15, -0.1) is 11.3 Å². The second kappa shape index (κ2) is 12.4. The molecule has 1 aliphatic carbocycles. The number of aryl methyl sites for hydroxylation is 1. The fraction of sp³-hybridized carbons (Fsp3) is 0.581. The van der Waals surface area contributed by atoms with Crippen molar-refractivity contribution in [1.29, 1.82) is 0 Å². The van der Waals surface area contributed by atoms with Crippen molar-refractivity contribution in [2.24, 2.45) is 11.3 Å². The zero-order valence-electron chi connectivity index (χ0n) is 25.3. The van der Waals surface area contributed by atoms with Crippen molar-refractivity contribution in [3.8, 4) is 10.4 Å². The molecule has 1 aliphatic heterocycles. The highest BCUT2D eigenvalue weighted by atomic mass is 32.1. The molecule has 0 radical (unpaired) electrons. The quantitative estimate of drug-likeness (QED) is 0.371. The van der Waals surface area contributed by atoms with Crippen LogP contribution in [0.4, 0.5) is 8.78 Å². The van der Waals surface area contributed by atoms with E-state index in [1.54, 1.807) is 52.3 Å². The molecule has 12 heteroatoms. The molecule has 2 fully saturated rings. The number of hydrogen-bond acceptors (Lipinski definition) is 7. The summed E-state index contributed by atoms with van der Waals surface area (Å²) in [5.74, 6) is -3.24. The first-order valence-corrected chi connectivity index (χ1v) is 15.4. The fourth-order valence-electron chi connectivity index (χ4n) is 5.06. The summed E-state index contributed by atoms with van der Waals surface area (Å²) in [6.45, 7) is 9.99. The van der Waals surface area contributed by atoms with Gasteiger partial charge in [-0.1, -0.05) is 58.9 Å². The standard InChI is InChI=1S/C31H40F2N4O5S/c1-16(2)24(36-29(42)31(33)11-12-31)28(41)37-14-21(38)23(32)25(37)27(40)35-20(13-22(39)30(4,5)6)18-7-9-19(10-8-18)26-17(3)34-15-43-26/h7-10,15-16,20-21,23-25,38H,11-14H2,1-6H3,(H,35,40)(H,36,42)/t20-,21-,23-,24-,25-/m0/s1. The van der Waals surface area contributed by atoms with Gasteiger partial charge in [-0.25, -0.2) is 13.8 Å². The van der Waals surface area contributed by atoms with Crippen LogP contribution in [0.1, 0.15) is 71.2 Å². The van der Waals surface area contributed by atoms with Crippen LogP contribution in [-0.2, 0) is 19.2 Å². The van der Waals surface area contributed by atoms with E-state index in [9.17, 15) is 28.7 Å². The van der Waals surface area contributed by atoms with Crippen LogP contribution in [0, 0.1) is 18.3 Å². The second-order valence-corrected chi connectivity index (χ2v) is 13.8. The molecule has 0 bridgehead atoms. The number of amides is 3. The minimum Gasteiger partial charge on any atom is -0.388 e. The third-order valence-corrected chi connectivity index (χ3v) is 9.10. The Morgan fingerprint density at radius 1 is 1.14 bits per heavy atom. The Balaban J connectivity index is 1.59. The number of rotatable bonds is 10. The molecule has 3 N–H and O–H groups in total. The summed E-state index contributed by atoms with van der Waals surface area (Å²) in [6, 6.07) is 3.49. The number of aliphatic hydroxyl groups is 1. The molecule has 2 heterocycles. The van der Waals surface area contributed by atoms with Crippen molar-refractivity contribution >= 4 is 34.8 Å². The minimum absolute atomic E-state index is 0.0529. The molecule has 9 nitrogen and oxygen atoms in total. The molecule has 2 aromatic rings. The average Bonchev–Trinajstić information content (AvgIpc) is 3.43. The molecule has 1 saturated carbocycles. The highest BCUT2D eigenvalue weighted by Gasteiger charge is 2.54. The van der Waals surface area contributed by atoms with Crippen LogP contribution in [0.5, 0.6) is 0 Å².